The van der Waals surface area contributed by atoms with Crippen molar-refractivity contribution >= 4 is 18.4 Å². The van der Waals surface area contributed by atoms with Crippen LogP contribution in [0, 0.1) is 0 Å². The molecule has 0 spiro atoms. The van der Waals surface area contributed by atoms with Gasteiger partial charge in [0.15, 0.2) is 0 Å². The Bertz CT molecular complexity index is 153. The highest BCUT2D eigenvalue weighted by atomic mass is 32.1. The van der Waals surface area contributed by atoms with Crippen LogP contribution in [-0.4, -0.2) is 10.7 Å². The number of hydrogen-bond acceptors (Lipinski definition) is 3. The number of anilines is 1. The van der Waals surface area contributed by atoms with E-state index >= 15 is 0 Å². The van der Waals surface area contributed by atoms with Crippen molar-refractivity contribution < 1.29 is 0 Å². The van der Waals surface area contributed by atoms with Crippen molar-refractivity contribution in [3.05, 3.63) is 24.4 Å². The molecule has 1 aromatic heterocycles. The molecule has 0 aliphatic carbocycles. The molecule has 0 bridgehead atoms. The Labute approximate surface area is 66.9 Å². The van der Waals surface area contributed by atoms with E-state index < -0.39 is 0 Å². The zero-order valence-electron chi connectivity index (χ0n) is 5.99. The largest absolute Gasteiger partial charge is 0.384 e. The molecular weight excluding hydrogens is 144 g/mol. The molecule has 0 amide bonds. The summed E-state index contributed by atoms with van der Waals surface area (Å²) >= 11 is 3.79. The first-order valence-electron chi connectivity index (χ1n) is 3.08. The zero-order valence-corrected chi connectivity index (χ0v) is 6.88. The molecule has 3 heteroatoms. The summed E-state index contributed by atoms with van der Waals surface area (Å²) in [6.07, 6.45) is 1.66. The maximum Gasteiger partial charge on any atom is 0.123 e. The number of nitrogen functional groups attached to an aromatic ring is 1. The summed E-state index contributed by atoms with van der Waals surface area (Å²) in [6.45, 7) is 1.99. The summed E-state index contributed by atoms with van der Waals surface area (Å²) in [5.41, 5.74) is 5.25. The fraction of sp³-hybridized carbons (Fsp3) is 0.286. The van der Waals surface area contributed by atoms with Gasteiger partial charge in [0.25, 0.3) is 0 Å². The van der Waals surface area contributed by atoms with Gasteiger partial charge in [0.1, 0.15) is 5.82 Å². The summed E-state index contributed by atoms with van der Waals surface area (Å²) in [5.74, 6) is 1.52. The van der Waals surface area contributed by atoms with Crippen molar-refractivity contribution in [2.75, 3.05) is 11.5 Å². The lowest BCUT2D eigenvalue weighted by molar-refractivity contribution is 1.34. The van der Waals surface area contributed by atoms with Crippen molar-refractivity contribution in [2.45, 2.75) is 6.92 Å². The number of thiol groups is 1. The van der Waals surface area contributed by atoms with Crippen LogP contribution >= 0.6 is 12.6 Å². The first-order chi connectivity index (χ1) is 4.81. The second-order valence-electron chi connectivity index (χ2n) is 1.57. The molecule has 0 saturated carbocycles. The quantitative estimate of drug-likeness (QED) is 0.560. The Kier molecular flexibility index (Phi) is 5.97. The van der Waals surface area contributed by atoms with Crippen LogP contribution in [0.4, 0.5) is 5.82 Å². The highest BCUT2D eigenvalue weighted by molar-refractivity contribution is 7.80. The molecule has 0 unspecified atom stereocenters. The van der Waals surface area contributed by atoms with Crippen LogP contribution in [0.15, 0.2) is 24.4 Å². The van der Waals surface area contributed by atoms with Crippen molar-refractivity contribution in [2.24, 2.45) is 0 Å². The summed E-state index contributed by atoms with van der Waals surface area (Å²) in [5, 5.41) is 0. The van der Waals surface area contributed by atoms with Crippen molar-refractivity contribution in [1.29, 1.82) is 0 Å². The SMILES string of the molecule is CCS.Nc1ccccn1. The Hall–Kier alpha value is -0.700. The molecule has 2 N–H and O–H groups in total. The topological polar surface area (TPSA) is 38.9 Å². The van der Waals surface area contributed by atoms with E-state index in [1.165, 1.54) is 0 Å². The lowest BCUT2D eigenvalue weighted by atomic mass is 10.5. The van der Waals surface area contributed by atoms with Gasteiger partial charge in [-0.15, -0.1) is 0 Å². The number of nitrogens with two attached hydrogens (primary N) is 1. The van der Waals surface area contributed by atoms with Gasteiger partial charge >= 0.3 is 0 Å². The molecule has 0 fully saturated rings. The Morgan fingerprint density at radius 2 is 2.20 bits per heavy atom. The fourth-order valence-electron chi connectivity index (χ4n) is 0.376. The molecule has 0 atom stereocenters. The summed E-state index contributed by atoms with van der Waals surface area (Å²) in [4.78, 5) is 3.76. The van der Waals surface area contributed by atoms with Crippen molar-refractivity contribution in [1.82, 2.24) is 4.98 Å². The maximum absolute atomic E-state index is 5.25. The van der Waals surface area contributed by atoms with Crippen LogP contribution < -0.4 is 5.73 Å². The average molecular weight is 156 g/mol. The molecule has 1 aromatic rings. The lowest BCUT2D eigenvalue weighted by Gasteiger charge is -1.82. The van der Waals surface area contributed by atoms with Gasteiger partial charge in [-0.2, -0.15) is 12.6 Å². The standard InChI is InChI=1S/C5H6N2.C2H6S/c6-5-3-1-2-4-7-5;1-2-3/h1-4H,(H2,6,7);3H,2H2,1H3. The molecule has 0 aromatic carbocycles. The lowest BCUT2D eigenvalue weighted by Crippen LogP contribution is -1.85. The first kappa shape index (κ1) is 9.30. The predicted octanol–water partition coefficient (Wildman–Crippen LogP) is 1.60. The van der Waals surface area contributed by atoms with Gasteiger partial charge in [0.05, 0.1) is 0 Å². The van der Waals surface area contributed by atoms with E-state index in [1.807, 2.05) is 19.1 Å². The van der Waals surface area contributed by atoms with Gasteiger partial charge in [-0.1, -0.05) is 13.0 Å². The van der Waals surface area contributed by atoms with Gasteiger partial charge in [-0.25, -0.2) is 4.98 Å². The summed E-state index contributed by atoms with van der Waals surface area (Å²) in [7, 11) is 0. The molecular formula is C7H12N2S. The molecule has 56 valence electrons. The molecule has 10 heavy (non-hydrogen) atoms. The monoisotopic (exact) mass is 156 g/mol. The minimum absolute atomic E-state index is 0.572. The fourth-order valence-corrected chi connectivity index (χ4v) is 0.376. The van der Waals surface area contributed by atoms with E-state index in [0.717, 1.165) is 5.75 Å². The van der Waals surface area contributed by atoms with Gasteiger partial charge < -0.3 is 5.73 Å². The normalized spacial score (nSPS) is 7.80. The third-order valence-corrected chi connectivity index (χ3v) is 0.688. The van der Waals surface area contributed by atoms with Crippen LogP contribution in [0.1, 0.15) is 6.92 Å². The van der Waals surface area contributed by atoms with E-state index in [2.05, 4.69) is 17.6 Å². The Morgan fingerprint density at radius 3 is 2.40 bits per heavy atom. The van der Waals surface area contributed by atoms with E-state index in [1.54, 1.807) is 12.3 Å². The van der Waals surface area contributed by atoms with Gasteiger partial charge in [0.2, 0.25) is 0 Å². The molecule has 0 aliphatic rings. The minimum Gasteiger partial charge on any atom is -0.384 e. The van der Waals surface area contributed by atoms with Crippen LogP contribution in [-0.2, 0) is 0 Å². The van der Waals surface area contributed by atoms with Crippen molar-refractivity contribution in [3.63, 3.8) is 0 Å². The maximum atomic E-state index is 5.25. The van der Waals surface area contributed by atoms with Gasteiger partial charge in [0, 0.05) is 6.20 Å². The molecule has 0 radical (unpaired) electrons. The van der Waals surface area contributed by atoms with Gasteiger partial charge in [-0.05, 0) is 17.9 Å². The molecule has 1 heterocycles. The number of aromatic nitrogens is 1. The minimum atomic E-state index is 0.572. The van der Waals surface area contributed by atoms with Crippen LogP contribution in [0.5, 0.6) is 0 Å². The summed E-state index contributed by atoms with van der Waals surface area (Å²) in [6, 6.07) is 5.43. The van der Waals surface area contributed by atoms with Crippen LogP contribution in [0.25, 0.3) is 0 Å². The van der Waals surface area contributed by atoms with E-state index in [0.29, 0.717) is 5.82 Å². The molecule has 0 aliphatic heterocycles. The van der Waals surface area contributed by atoms with E-state index in [-0.39, 0.29) is 0 Å². The highest BCUT2D eigenvalue weighted by Gasteiger charge is 1.73. The second-order valence-corrected chi connectivity index (χ2v) is 2.20. The molecule has 1 rings (SSSR count). The summed E-state index contributed by atoms with van der Waals surface area (Å²) < 4.78 is 0. The van der Waals surface area contributed by atoms with E-state index in [9.17, 15) is 0 Å². The first-order valence-corrected chi connectivity index (χ1v) is 3.71. The predicted molar refractivity (Wildman–Crippen MR) is 48.2 cm³/mol. The number of rotatable bonds is 0. The third kappa shape index (κ3) is 5.44. The van der Waals surface area contributed by atoms with Crippen LogP contribution in [0.3, 0.4) is 0 Å². The highest BCUT2D eigenvalue weighted by Crippen LogP contribution is 1.89. The van der Waals surface area contributed by atoms with Gasteiger partial charge in [-0.3, -0.25) is 0 Å². The smallest absolute Gasteiger partial charge is 0.123 e. The zero-order chi connectivity index (χ0) is 7.82. The van der Waals surface area contributed by atoms with E-state index in [4.69, 9.17) is 5.73 Å². The third-order valence-electron chi connectivity index (χ3n) is 0.688. The van der Waals surface area contributed by atoms with Crippen molar-refractivity contribution in [3.8, 4) is 0 Å². The second kappa shape index (κ2) is 6.42. The molecule has 0 saturated heterocycles. The van der Waals surface area contributed by atoms with Crippen LogP contribution in [0.2, 0.25) is 0 Å². The number of nitrogens with zero attached hydrogens (tertiary/aromatic N) is 1. The number of pyridine rings is 1. The number of hydrogen-bond donors (Lipinski definition) is 2. The Balaban J connectivity index is 0.000000236. The molecule has 2 nitrogen and oxygen atoms in total. The average Bonchev–Trinajstić information content (AvgIpc) is 1.91. The Morgan fingerprint density at radius 1 is 1.60 bits per heavy atom.